The number of aliphatic hydroxyl groups is 1. The number of ether oxygens (including phenoxy) is 1. The number of halogens is 3. The van der Waals surface area contributed by atoms with Crippen LogP contribution in [0.5, 0.6) is 0 Å². The van der Waals surface area contributed by atoms with Gasteiger partial charge in [-0.05, 0) is 12.5 Å². The number of carbonyl (C=O) groups is 1. The summed E-state index contributed by atoms with van der Waals surface area (Å²) in [6.45, 7) is 1.88. The summed E-state index contributed by atoms with van der Waals surface area (Å²) in [6, 6.07) is 5.89. The predicted octanol–water partition coefficient (Wildman–Crippen LogP) is 3.47. The van der Waals surface area contributed by atoms with E-state index < -0.39 is 24.1 Å². The van der Waals surface area contributed by atoms with Gasteiger partial charge in [-0.15, -0.1) is 11.3 Å². The summed E-state index contributed by atoms with van der Waals surface area (Å²) >= 11 is 1.09. The summed E-state index contributed by atoms with van der Waals surface area (Å²) in [4.78, 5) is 19.0. The van der Waals surface area contributed by atoms with Crippen molar-refractivity contribution in [2.45, 2.75) is 19.2 Å². The van der Waals surface area contributed by atoms with E-state index in [1.807, 2.05) is 0 Å². The van der Waals surface area contributed by atoms with Crippen molar-refractivity contribution in [3.05, 3.63) is 51.8 Å². The van der Waals surface area contributed by atoms with Gasteiger partial charge in [-0.25, -0.2) is 9.78 Å². The van der Waals surface area contributed by atoms with Crippen LogP contribution in [0.15, 0.2) is 34.2 Å². The third-order valence-electron chi connectivity index (χ3n) is 3.39. The number of hydrogen-bond acceptors (Lipinski definition) is 8. The third kappa shape index (κ3) is 4.14. The molecule has 2 heterocycles. The van der Waals surface area contributed by atoms with Crippen molar-refractivity contribution < 1.29 is 32.3 Å². The highest BCUT2D eigenvalue weighted by Crippen LogP contribution is 2.30. The summed E-state index contributed by atoms with van der Waals surface area (Å²) in [7, 11) is 0. The molecule has 0 aliphatic carbocycles. The van der Waals surface area contributed by atoms with E-state index in [2.05, 4.69) is 19.6 Å². The molecule has 2 aromatic heterocycles. The van der Waals surface area contributed by atoms with Gasteiger partial charge < -0.3 is 14.4 Å². The molecule has 0 amide bonds. The van der Waals surface area contributed by atoms with Gasteiger partial charge in [0.25, 0.3) is 0 Å². The second kappa shape index (κ2) is 7.45. The van der Waals surface area contributed by atoms with Crippen LogP contribution in [0.4, 0.5) is 13.2 Å². The lowest BCUT2D eigenvalue weighted by atomic mass is 10.1. The number of aliphatic hydroxyl groups excluding tert-OH is 1. The second-order valence-corrected chi connectivity index (χ2v) is 6.13. The van der Waals surface area contributed by atoms with Gasteiger partial charge in [0, 0.05) is 10.9 Å². The molecule has 3 rings (SSSR count). The number of carbonyl (C=O) groups excluding carboxylic acids is 1. The molecule has 1 unspecified atom stereocenters. The van der Waals surface area contributed by atoms with E-state index >= 15 is 0 Å². The van der Waals surface area contributed by atoms with Gasteiger partial charge in [-0.1, -0.05) is 29.4 Å². The maximum Gasteiger partial charge on any atom is 0.471 e. The van der Waals surface area contributed by atoms with E-state index in [1.165, 1.54) is 29.6 Å². The fourth-order valence-electron chi connectivity index (χ4n) is 2.12. The normalized spacial score (nSPS) is 12.8. The monoisotopic (exact) mass is 399 g/mol. The Labute approximate surface area is 154 Å². The number of alkyl halides is 3. The molecule has 3 aromatic rings. The van der Waals surface area contributed by atoms with Crippen LogP contribution in [0.25, 0.3) is 11.4 Å². The summed E-state index contributed by atoms with van der Waals surface area (Å²) < 4.78 is 46.6. The highest BCUT2D eigenvalue weighted by Gasteiger charge is 2.38. The quantitative estimate of drug-likeness (QED) is 0.656. The fourth-order valence-corrected chi connectivity index (χ4v) is 2.92. The van der Waals surface area contributed by atoms with Crippen molar-refractivity contribution in [1.29, 1.82) is 0 Å². The van der Waals surface area contributed by atoms with Gasteiger partial charge in [0.15, 0.2) is 5.69 Å². The molecular weight excluding hydrogens is 387 g/mol. The maximum absolute atomic E-state index is 12.5. The number of nitrogens with zero attached hydrogens (tertiary/aromatic N) is 3. The van der Waals surface area contributed by atoms with Crippen LogP contribution < -0.4 is 0 Å². The minimum Gasteiger partial charge on any atom is -0.461 e. The number of esters is 1. The highest BCUT2D eigenvalue weighted by molar-refractivity contribution is 7.09. The molecule has 1 aromatic carbocycles. The standard InChI is InChI=1S/C16H12F3N3O4S/c1-2-25-14(24)10-7-27-13(20-10)11(23)8-3-5-9(6-4-8)12-21-15(26-22-12)16(17,18)19/h3-7,11,23H,2H2,1H3. The summed E-state index contributed by atoms with van der Waals surface area (Å²) in [5.74, 6) is -2.24. The van der Waals surface area contributed by atoms with Crippen LogP contribution in [0.3, 0.4) is 0 Å². The zero-order valence-corrected chi connectivity index (χ0v) is 14.5. The molecule has 0 fully saturated rings. The number of aromatic nitrogens is 3. The minimum atomic E-state index is -4.72. The molecule has 1 N–H and O–H groups in total. The molecule has 11 heteroatoms. The van der Waals surface area contributed by atoms with E-state index in [0.717, 1.165) is 11.3 Å². The first kappa shape index (κ1) is 19.0. The number of thiazole rings is 1. The molecule has 0 radical (unpaired) electrons. The fraction of sp³-hybridized carbons (Fsp3) is 0.250. The van der Waals surface area contributed by atoms with Gasteiger partial charge >= 0.3 is 18.0 Å². The number of rotatable bonds is 5. The molecule has 0 spiro atoms. The SMILES string of the molecule is CCOC(=O)c1csc(C(O)c2ccc(-c3noc(C(F)(F)F)n3)cc2)n1. The van der Waals surface area contributed by atoms with Crippen molar-refractivity contribution in [3.63, 3.8) is 0 Å². The third-order valence-corrected chi connectivity index (χ3v) is 4.29. The molecule has 0 bridgehead atoms. The smallest absolute Gasteiger partial charge is 0.461 e. The summed E-state index contributed by atoms with van der Waals surface area (Å²) in [5, 5.41) is 15.4. The molecule has 142 valence electrons. The molecule has 0 aliphatic heterocycles. The van der Waals surface area contributed by atoms with E-state index in [0.29, 0.717) is 5.56 Å². The molecule has 0 aliphatic rings. The Kier molecular flexibility index (Phi) is 5.24. The summed E-state index contributed by atoms with van der Waals surface area (Å²) in [5.41, 5.74) is 0.818. The highest BCUT2D eigenvalue weighted by atomic mass is 32.1. The lowest BCUT2D eigenvalue weighted by molar-refractivity contribution is -0.159. The Balaban J connectivity index is 1.77. The van der Waals surface area contributed by atoms with E-state index in [-0.39, 0.29) is 28.7 Å². The Morgan fingerprint density at radius 2 is 2.00 bits per heavy atom. The lowest BCUT2D eigenvalue weighted by Gasteiger charge is -2.08. The predicted molar refractivity (Wildman–Crippen MR) is 86.9 cm³/mol. The van der Waals surface area contributed by atoms with Crippen LogP contribution in [0.1, 0.15) is 40.0 Å². The van der Waals surface area contributed by atoms with Crippen LogP contribution in [0, 0.1) is 0 Å². The topological polar surface area (TPSA) is 98.3 Å². The molecule has 27 heavy (non-hydrogen) atoms. The van der Waals surface area contributed by atoms with Crippen LogP contribution in [-0.2, 0) is 10.9 Å². The molecular formula is C16H12F3N3O4S. The van der Waals surface area contributed by atoms with Crippen molar-refractivity contribution in [2.24, 2.45) is 0 Å². The van der Waals surface area contributed by atoms with Gasteiger partial charge in [-0.2, -0.15) is 18.2 Å². The van der Waals surface area contributed by atoms with Crippen LogP contribution >= 0.6 is 11.3 Å². The molecule has 0 saturated carbocycles. The van der Waals surface area contributed by atoms with Crippen molar-refractivity contribution >= 4 is 17.3 Å². The largest absolute Gasteiger partial charge is 0.471 e. The number of benzene rings is 1. The maximum atomic E-state index is 12.5. The number of hydrogen-bond donors (Lipinski definition) is 1. The zero-order chi connectivity index (χ0) is 19.6. The van der Waals surface area contributed by atoms with Crippen LogP contribution in [-0.4, -0.2) is 32.8 Å². The summed E-state index contributed by atoms with van der Waals surface area (Å²) in [6.07, 6.45) is -5.83. The van der Waals surface area contributed by atoms with E-state index in [4.69, 9.17) is 4.74 Å². The van der Waals surface area contributed by atoms with Crippen molar-refractivity contribution in [3.8, 4) is 11.4 Å². The average molecular weight is 399 g/mol. The zero-order valence-electron chi connectivity index (χ0n) is 13.7. The first-order chi connectivity index (χ1) is 12.8. The van der Waals surface area contributed by atoms with Crippen molar-refractivity contribution in [2.75, 3.05) is 6.61 Å². The lowest BCUT2D eigenvalue weighted by Crippen LogP contribution is -2.06. The van der Waals surface area contributed by atoms with Gasteiger partial charge in [0.05, 0.1) is 6.61 Å². The van der Waals surface area contributed by atoms with E-state index in [1.54, 1.807) is 6.92 Å². The van der Waals surface area contributed by atoms with Gasteiger partial charge in [0.1, 0.15) is 11.1 Å². The first-order valence-corrected chi connectivity index (χ1v) is 8.49. The Hall–Kier alpha value is -2.79. The van der Waals surface area contributed by atoms with Crippen LogP contribution in [0.2, 0.25) is 0 Å². The minimum absolute atomic E-state index is 0.0963. The Morgan fingerprint density at radius 3 is 2.59 bits per heavy atom. The molecule has 0 saturated heterocycles. The average Bonchev–Trinajstić information content (AvgIpc) is 3.31. The Bertz CT molecular complexity index is 937. The molecule has 7 nitrogen and oxygen atoms in total. The second-order valence-electron chi connectivity index (χ2n) is 5.24. The van der Waals surface area contributed by atoms with E-state index in [9.17, 15) is 23.1 Å². The Morgan fingerprint density at radius 1 is 1.30 bits per heavy atom. The van der Waals surface area contributed by atoms with Gasteiger partial charge in [0.2, 0.25) is 5.82 Å². The van der Waals surface area contributed by atoms with Crippen molar-refractivity contribution in [1.82, 2.24) is 15.1 Å². The molecule has 1 atom stereocenters. The van der Waals surface area contributed by atoms with Gasteiger partial charge in [-0.3, -0.25) is 0 Å². The first-order valence-electron chi connectivity index (χ1n) is 7.61.